The van der Waals surface area contributed by atoms with Crippen LogP contribution < -0.4 is 15.4 Å². The minimum absolute atomic E-state index is 0.0540. The molecule has 0 spiro atoms. The first-order valence-corrected chi connectivity index (χ1v) is 14.1. The summed E-state index contributed by atoms with van der Waals surface area (Å²) >= 11 is 0. The van der Waals surface area contributed by atoms with E-state index >= 15 is 0 Å². The number of anilines is 2. The number of nitrogens with zero attached hydrogens (tertiary/aromatic N) is 2. The molecule has 1 aliphatic heterocycles. The molecule has 0 atom stereocenters. The predicted octanol–water partition coefficient (Wildman–Crippen LogP) is 4.70. The fraction of sp³-hybridized carbons (Fsp3) is 0.567. The molecule has 0 unspecified atom stereocenters. The zero-order chi connectivity index (χ0) is 28.5. The Morgan fingerprint density at radius 3 is 2.60 bits per heavy atom. The maximum Gasteiger partial charge on any atom is 0.306 e. The Balaban J connectivity index is 1.30. The summed E-state index contributed by atoms with van der Waals surface area (Å²) in [5, 5.41) is 6.18. The lowest BCUT2D eigenvalue weighted by Gasteiger charge is -2.29. The van der Waals surface area contributed by atoms with E-state index in [0.717, 1.165) is 64.7 Å². The number of aromatic nitrogens is 1. The maximum absolute atomic E-state index is 14.1. The van der Waals surface area contributed by atoms with Crippen LogP contribution in [0.5, 0.6) is 5.75 Å². The van der Waals surface area contributed by atoms with E-state index in [1.165, 1.54) is 6.07 Å². The first-order chi connectivity index (χ1) is 19.1. The van der Waals surface area contributed by atoms with Gasteiger partial charge >= 0.3 is 5.97 Å². The van der Waals surface area contributed by atoms with Crippen LogP contribution in [-0.4, -0.2) is 72.9 Å². The molecule has 218 valence electrons. The maximum atomic E-state index is 14.1. The van der Waals surface area contributed by atoms with Crippen molar-refractivity contribution in [1.29, 1.82) is 0 Å². The summed E-state index contributed by atoms with van der Waals surface area (Å²) < 4.78 is 30.9. The van der Waals surface area contributed by atoms with Gasteiger partial charge in [0.05, 0.1) is 25.0 Å². The normalized spacial score (nSPS) is 20.0. The number of amides is 1. The van der Waals surface area contributed by atoms with E-state index in [4.69, 9.17) is 14.2 Å². The third-order valence-electron chi connectivity index (χ3n) is 7.03. The highest BCUT2D eigenvalue weighted by Crippen LogP contribution is 2.29. The highest BCUT2D eigenvalue weighted by Gasteiger charge is 2.27. The van der Waals surface area contributed by atoms with Crippen LogP contribution in [-0.2, 0) is 14.3 Å². The number of benzene rings is 1. The number of carbonyl (C=O) groups is 2. The van der Waals surface area contributed by atoms with Crippen LogP contribution in [0.4, 0.5) is 15.9 Å². The molecule has 1 aliphatic carbocycles. The number of carbonyl (C=O) groups excluding carboxylic acids is 2. The van der Waals surface area contributed by atoms with Gasteiger partial charge in [-0.25, -0.2) is 9.37 Å². The highest BCUT2D eigenvalue weighted by molar-refractivity contribution is 5.99. The van der Waals surface area contributed by atoms with Crippen molar-refractivity contribution in [2.75, 3.05) is 44.8 Å². The molecule has 2 fully saturated rings. The molecular weight excluding hydrogens is 515 g/mol. The minimum Gasteiger partial charge on any atom is -0.492 e. The first kappa shape index (κ1) is 29.7. The molecule has 0 radical (unpaired) electrons. The van der Waals surface area contributed by atoms with Crippen molar-refractivity contribution >= 4 is 23.4 Å². The lowest BCUT2D eigenvalue weighted by molar-refractivity contribution is -0.156. The Morgan fingerprint density at radius 2 is 1.88 bits per heavy atom. The second kappa shape index (κ2) is 13.9. The molecule has 2 aromatic rings. The van der Waals surface area contributed by atoms with Crippen LogP contribution >= 0.6 is 0 Å². The Morgan fingerprint density at radius 1 is 1.12 bits per heavy atom. The molecule has 0 bridgehead atoms. The van der Waals surface area contributed by atoms with E-state index in [0.29, 0.717) is 24.5 Å². The number of halogens is 1. The van der Waals surface area contributed by atoms with Gasteiger partial charge in [0, 0.05) is 43.9 Å². The van der Waals surface area contributed by atoms with Crippen molar-refractivity contribution in [3.8, 4) is 5.75 Å². The van der Waals surface area contributed by atoms with Gasteiger partial charge in [-0.05, 0) is 70.6 Å². The second-order valence-electron chi connectivity index (χ2n) is 11.5. The van der Waals surface area contributed by atoms with Gasteiger partial charge in [-0.3, -0.25) is 14.5 Å². The zero-order valence-electron chi connectivity index (χ0n) is 23.7. The van der Waals surface area contributed by atoms with E-state index in [1.807, 2.05) is 45.0 Å². The Bertz CT molecular complexity index is 1140. The van der Waals surface area contributed by atoms with Crippen LogP contribution in [0.3, 0.4) is 0 Å². The van der Waals surface area contributed by atoms with Crippen LogP contribution in [0.15, 0.2) is 36.5 Å². The fourth-order valence-electron chi connectivity index (χ4n) is 5.02. The standard InChI is InChI=1S/C30H41FN4O5/c1-30(2,3)40-27(36)17-21-7-9-23(10-8-21)34-29(37)26-18-22(31)20-32-28(26)33-24-5-4-6-25(19-24)39-16-13-35-11-14-38-15-12-35/h4-6,18-21,23H,7-17H2,1-3H3,(H,32,33)(H,34,37). The van der Waals surface area contributed by atoms with Crippen LogP contribution in [0, 0.1) is 11.7 Å². The van der Waals surface area contributed by atoms with E-state index in [1.54, 1.807) is 0 Å². The molecule has 1 amide bonds. The monoisotopic (exact) mass is 556 g/mol. The molecule has 2 aliphatic rings. The molecule has 40 heavy (non-hydrogen) atoms. The highest BCUT2D eigenvalue weighted by atomic mass is 19.1. The van der Waals surface area contributed by atoms with E-state index in [9.17, 15) is 14.0 Å². The van der Waals surface area contributed by atoms with Crippen molar-refractivity contribution in [1.82, 2.24) is 15.2 Å². The quantitative estimate of drug-likeness (QED) is 0.406. The van der Waals surface area contributed by atoms with Crippen molar-refractivity contribution < 1.29 is 28.2 Å². The molecule has 1 saturated carbocycles. The molecule has 1 aromatic heterocycles. The number of rotatable bonds is 10. The van der Waals surface area contributed by atoms with Crippen LogP contribution in [0.1, 0.15) is 63.2 Å². The van der Waals surface area contributed by atoms with Gasteiger partial charge < -0.3 is 24.8 Å². The summed E-state index contributed by atoms with van der Waals surface area (Å²) in [5.41, 5.74) is 0.318. The number of ether oxygens (including phenoxy) is 3. The lowest BCUT2D eigenvalue weighted by atomic mass is 9.84. The smallest absolute Gasteiger partial charge is 0.306 e. The molecule has 2 heterocycles. The third-order valence-corrected chi connectivity index (χ3v) is 7.03. The summed E-state index contributed by atoms with van der Waals surface area (Å²) in [6.45, 7) is 10.2. The van der Waals surface area contributed by atoms with Gasteiger partial charge in [0.25, 0.3) is 5.91 Å². The largest absolute Gasteiger partial charge is 0.492 e. The summed E-state index contributed by atoms with van der Waals surface area (Å²) in [6, 6.07) is 8.54. The summed E-state index contributed by atoms with van der Waals surface area (Å²) in [4.78, 5) is 31.8. The lowest BCUT2D eigenvalue weighted by Crippen LogP contribution is -2.38. The van der Waals surface area contributed by atoms with E-state index in [2.05, 4.69) is 20.5 Å². The number of pyridine rings is 1. The van der Waals surface area contributed by atoms with Gasteiger partial charge in [-0.1, -0.05) is 6.07 Å². The molecule has 4 rings (SSSR count). The Hall–Kier alpha value is -3.24. The Labute approximate surface area is 235 Å². The molecule has 10 heteroatoms. The number of morpholine rings is 1. The first-order valence-electron chi connectivity index (χ1n) is 14.1. The molecule has 2 N–H and O–H groups in total. The minimum atomic E-state index is -0.586. The number of hydrogen-bond acceptors (Lipinski definition) is 8. The van der Waals surface area contributed by atoms with Crippen molar-refractivity contribution in [2.45, 2.75) is 64.5 Å². The topological polar surface area (TPSA) is 102 Å². The summed E-state index contributed by atoms with van der Waals surface area (Å²) in [5.74, 6) is 0.0324. The molecule has 1 aromatic carbocycles. The van der Waals surface area contributed by atoms with Gasteiger partial charge in [-0.2, -0.15) is 0 Å². The van der Waals surface area contributed by atoms with Gasteiger partial charge in [0.15, 0.2) is 0 Å². The van der Waals surface area contributed by atoms with Gasteiger partial charge in [-0.15, -0.1) is 0 Å². The molecule has 1 saturated heterocycles. The summed E-state index contributed by atoms with van der Waals surface area (Å²) in [7, 11) is 0. The molecular formula is C30H41FN4O5. The fourth-order valence-corrected chi connectivity index (χ4v) is 5.02. The average Bonchev–Trinajstić information content (AvgIpc) is 2.90. The van der Waals surface area contributed by atoms with Gasteiger partial charge in [0.2, 0.25) is 0 Å². The number of hydrogen-bond donors (Lipinski definition) is 2. The van der Waals surface area contributed by atoms with Crippen LogP contribution in [0.2, 0.25) is 0 Å². The third kappa shape index (κ3) is 9.45. The zero-order valence-corrected chi connectivity index (χ0v) is 23.7. The van der Waals surface area contributed by atoms with Crippen molar-refractivity contribution in [3.05, 3.63) is 47.9 Å². The number of esters is 1. The SMILES string of the molecule is CC(C)(C)OC(=O)CC1CCC(NC(=O)c2cc(F)cnc2Nc2cccc(OCCN3CCOCC3)c2)CC1. The van der Waals surface area contributed by atoms with Crippen molar-refractivity contribution in [2.24, 2.45) is 5.92 Å². The van der Waals surface area contributed by atoms with E-state index < -0.39 is 11.4 Å². The predicted molar refractivity (Wildman–Crippen MR) is 150 cm³/mol. The van der Waals surface area contributed by atoms with Gasteiger partial charge in [0.1, 0.15) is 29.6 Å². The second-order valence-corrected chi connectivity index (χ2v) is 11.5. The Kier molecular flexibility index (Phi) is 10.3. The summed E-state index contributed by atoms with van der Waals surface area (Å²) in [6.07, 6.45) is 4.59. The van der Waals surface area contributed by atoms with E-state index in [-0.39, 0.29) is 35.2 Å². The average molecular weight is 557 g/mol. The number of nitrogens with one attached hydrogen (secondary N) is 2. The van der Waals surface area contributed by atoms with Crippen LogP contribution in [0.25, 0.3) is 0 Å². The van der Waals surface area contributed by atoms with Crippen molar-refractivity contribution in [3.63, 3.8) is 0 Å². The molecule has 9 nitrogen and oxygen atoms in total.